The summed E-state index contributed by atoms with van der Waals surface area (Å²) in [7, 11) is 0. The maximum Gasteiger partial charge on any atom is 0.256 e. The van der Waals surface area contributed by atoms with E-state index >= 15 is 0 Å². The van der Waals surface area contributed by atoms with Gasteiger partial charge in [0.25, 0.3) is 5.91 Å². The summed E-state index contributed by atoms with van der Waals surface area (Å²) in [6.45, 7) is 2.34. The van der Waals surface area contributed by atoms with Crippen LogP contribution in [0, 0.1) is 0 Å². The summed E-state index contributed by atoms with van der Waals surface area (Å²) in [5, 5.41) is 1.09. The summed E-state index contributed by atoms with van der Waals surface area (Å²) in [5.41, 5.74) is 2.65. The summed E-state index contributed by atoms with van der Waals surface area (Å²) in [6, 6.07) is 24.3. The maximum absolute atomic E-state index is 12.9. The molecule has 1 heterocycles. The fourth-order valence-electron chi connectivity index (χ4n) is 3.27. The van der Waals surface area contributed by atoms with Gasteiger partial charge in [-0.3, -0.25) is 9.69 Å². The number of ether oxygens (including phenoxy) is 1. The number of rotatable bonds is 5. The van der Waals surface area contributed by atoms with Gasteiger partial charge in [-0.1, -0.05) is 41.9 Å². The Bertz CT molecular complexity index is 1020. The van der Waals surface area contributed by atoms with Crippen molar-refractivity contribution in [2.24, 2.45) is 0 Å². The van der Waals surface area contributed by atoms with E-state index in [1.807, 2.05) is 78.6 Å². The second-order valence-corrected chi connectivity index (χ2v) is 7.55. The minimum Gasteiger partial charge on any atom is -0.489 e. The van der Waals surface area contributed by atoms with Crippen LogP contribution in [0.5, 0.6) is 5.75 Å². The van der Waals surface area contributed by atoms with Crippen molar-refractivity contribution in [2.75, 3.05) is 9.80 Å². The van der Waals surface area contributed by atoms with Crippen molar-refractivity contribution in [2.45, 2.75) is 19.6 Å². The van der Waals surface area contributed by atoms with Crippen molar-refractivity contribution in [1.82, 2.24) is 0 Å². The van der Waals surface area contributed by atoms with Gasteiger partial charge in [-0.25, -0.2) is 0 Å². The normalized spacial score (nSPS) is 16.4. The highest BCUT2D eigenvalue weighted by Crippen LogP contribution is 2.31. The van der Waals surface area contributed by atoms with Crippen LogP contribution in [0.2, 0.25) is 5.02 Å². The van der Waals surface area contributed by atoms with Gasteiger partial charge in [-0.15, -0.1) is 0 Å². The van der Waals surface area contributed by atoms with Crippen LogP contribution in [0.3, 0.4) is 0 Å². The van der Waals surface area contributed by atoms with Crippen LogP contribution in [0.25, 0.3) is 0 Å². The zero-order valence-corrected chi connectivity index (χ0v) is 17.4. The molecule has 6 heteroatoms. The van der Waals surface area contributed by atoms with E-state index < -0.39 is 6.04 Å². The van der Waals surface area contributed by atoms with E-state index in [0.29, 0.717) is 16.7 Å². The third kappa shape index (κ3) is 3.97. The largest absolute Gasteiger partial charge is 0.489 e. The van der Waals surface area contributed by atoms with E-state index in [0.717, 1.165) is 22.7 Å². The van der Waals surface area contributed by atoms with Crippen molar-refractivity contribution in [3.05, 3.63) is 89.4 Å². The lowest BCUT2D eigenvalue weighted by molar-refractivity contribution is -0.117. The van der Waals surface area contributed by atoms with Crippen LogP contribution in [-0.2, 0) is 11.4 Å². The van der Waals surface area contributed by atoms with Gasteiger partial charge >= 0.3 is 0 Å². The second kappa shape index (κ2) is 8.23. The summed E-state index contributed by atoms with van der Waals surface area (Å²) in [5.74, 6) is 0.667. The van der Waals surface area contributed by atoms with Gasteiger partial charge in [0.05, 0.1) is 5.69 Å². The molecule has 1 aliphatic heterocycles. The van der Waals surface area contributed by atoms with Crippen molar-refractivity contribution >= 4 is 46.2 Å². The Kier molecular flexibility index (Phi) is 5.51. The van der Waals surface area contributed by atoms with Gasteiger partial charge in [0.2, 0.25) is 0 Å². The Morgan fingerprint density at radius 3 is 2.21 bits per heavy atom. The summed E-state index contributed by atoms with van der Waals surface area (Å²) in [4.78, 5) is 16.3. The first kappa shape index (κ1) is 19.4. The number of thiocarbonyl (C=S) groups is 1. The maximum atomic E-state index is 12.9. The second-order valence-electron chi connectivity index (χ2n) is 6.75. The van der Waals surface area contributed by atoms with E-state index in [2.05, 4.69) is 0 Å². The van der Waals surface area contributed by atoms with Gasteiger partial charge < -0.3 is 9.64 Å². The van der Waals surface area contributed by atoms with Crippen molar-refractivity contribution in [1.29, 1.82) is 0 Å². The molecule has 0 saturated carbocycles. The number of anilines is 2. The average Bonchev–Trinajstić information content (AvgIpc) is 2.97. The van der Waals surface area contributed by atoms with Crippen molar-refractivity contribution < 1.29 is 9.53 Å². The Labute approximate surface area is 180 Å². The van der Waals surface area contributed by atoms with E-state index in [1.165, 1.54) is 0 Å². The first-order valence-corrected chi connectivity index (χ1v) is 10.0. The Morgan fingerprint density at radius 2 is 1.55 bits per heavy atom. The molecule has 1 fully saturated rings. The van der Waals surface area contributed by atoms with Gasteiger partial charge in [-0.2, -0.15) is 0 Å². The molecule has 0 bridgehead atoms. The first-order chi connectivity index (χ1) is 14.0. The van der Waals surface area contributed by atoms with Gasteiger partial charge in [-0.05, 0) is 73.2 Å². The molecule has 0 aromatic heterocycles. The third-order valence-electron chi connectivity index (χ3n) is 4.81. The number of benzene rings is 3. The SMILES string of the molecule is CC1C(=O)N(c2ccc(OCc3ccccc3)cc2)C(=S)N1c1ccc(Cl)cc1. The lowest BCUT2D eigenvalue weighted by atomic mass is 10.2. The highest BCUT2D eigenvalue weighted by atomic mass is 35.5. The monoisotopic (exact) mass is 422 g/mol. The van der Waals surface area contributed by atoms with Crippen LogP contribution < -0.4 is 14.5 Å². The number of nitrogens with zero attached hydrogens (tertiary/aromatic N) is 2. The number of carbonyl (C=O) groups excluding carboxylic acids is 1. The van der Waals surface area contributed by atoms with E-state index in [1.54, 1.807) is 17.0 Å². The predicted octanol–water partition coefficient (Wildman–Crippen LogP) is 5.45. The van der Waals surface area contributed by atoms with Crippen LogP contribution in [-0.4, -0.2) is 17.1 Å². The van der Waals surface area contributed by atoms with Crippen molar-refractivity contribution in [3.63, 3.8) is 0 Å². The highest BCUT2D eigenvalue weighted by Gasteiger charge is 2.41. The highest BCUT2D eigenvalue weighted by molar-refractivity contribution is 7.81. The van der Waals surface area contributed by atoms with E-state index in [-0.39, 0.29) is 5.91 Å². The molecule has 0 radical (unpaired) electrons. The molecule has 1 saturated heterocycles. The zero-order chi connectivity index (χ0) is 20.4. The fourth-order valence-corrected chi connectivity index (χ4v) is 3.86. The van der Waals surface area contributed by atoms with Crippen LogP contribution in [0.15, 0.2) is 78.9 Å². The lowest BCUT2D eigenvalue weighted by Crippen LogP contribution is -2.33. The molecule has 1 aliphatic rings. The Hall–Kier alpha value is -2.89. The smallest absolute Gasteiger partial charge is 0.256 e. The first-order valence-electron chi connectivity index (χ1n) is 9.24. The van der Waals surface area contributed by atoms with Gasteiger partial charge in [0.1, 0.15) is 18.4 Å². The topological polar surface area (TPSA) is 32.8 Å². The molecule has 29 heavy (non-hydrogen) atoms. The molecule has 1 unspecified atom stereocenters. The lowest BCUT2D eigenvalue weighted by Gasteiger charge is -2.22. The molecule has 3 aromatic carbocycles. The number of amides is 1. The number of hydrogen-bond acceptors (Lipinski definition) is 3. The molecule has 0 aliphatic carbocycles. The van der Waals surface area contributed by atoms with Crippen LogP contribution >= 0.6 is 23.8 Å². The molecule has 0 N–H and O–H groups in total. The van der Waals surface area contributed by atoms with E-state index in [4.69, 9.17) is 28.6 Å². The van der Waals surface area contributed by atoms with Gasteiger partial charge in [0, 0.05) is 10.7 Å². The average molecular weight is 423 g/mol. The Balaban J connectivity index is 1.51. The van der Waals surface area contributed by atoms with Gasteiger partial charge in [0.15, 0.2) is 5.11 Å². The molecule has 4 nitrogen and oxygen atoms in total. The zero-order valence-electron chi connectivity index (χ0n) is 15.8. The molecule has 0 spiro atoms. The van der Waals surface area contributed by atoms with E-state index in [9.17, 15) is 4.79 Å². The van der Waals surface area contributed by atoms with Crippen LogP contribution in [0.4, 0.5) is 11.4 Å². The molecular weight excluding hydrogens is 404 g/mol. The Morgan fingerprint density at radius 1 is 0.931 bits per heavy atom. The molecule has 146 valence electrons. The minimum absolute atomic E-state index is 0.0668. The third-order valence-corrected chi connectivity index (χ3v) is 5.44. The van der Waals surface area contributed by atoms with Crippen molar-refractivity contribution in [3.8, 4) is 5.75 Å². The minimum atomic E-state index is -0.391. The predicted molar refractivity (Wildman–Crippen MR) is 121 cm³/mol. The number of halogens is 1. The quantitative estimate of drug-likeness (QED) is 0.512. The molecule has 1 amide bonds. The molecule has 4 rings (SSSR count). The fraction of sp³-hybridized carbons (Fsp3) is 0.130. The molecular formula is C23H19ClN2O2S. The molecule has 3 aromatic rings. The summed E-state index contributed by atoms with van der Waals surface area (Å²) >= 11 is 11.6. The summed E-state index contributed by atoms with van der Waals surface area (Å²) < 4.78 is 5.83. The summed E-state index contributed by atoms with van der Waals surface area (Å²) in [6.07, 6.45) is 0. The molecule has 1 atom stereocenters. The van der Waals surface area contributed by atoms with Crippen LogP contribution in [0.1, 0.15) is 12.5 Å². The standard InChI is InChI=1S/C23H19ClN2O2S/c1-16-22(27)26(23(29)25(16)19-9-7-18(24)8-10-19)20-11-13-21(14-12-20)28-15-17-5-3-2-4-6-17/h2-14,16H,15H2,1H3. The number of carbonyl (C=O) groups is 1. The number of hydrogen-bond donors (Lipinski definition) is 0.